The molecule has 0 aliphatic heterocycles. The van der Waals surface area contributed by atoms with Gasteiger partial charge in [-0.05, 0) is 40.5 Å². The van der Waals surface area contributed by atoms with Crippen LogP contribution >= 0.6 is 15.9 Å². The second-order valence-corrected chi connectivity index (χ2v) is 5.13. The van der Waals surface area contributed by atoms with E-state index in [1.807, 2.05) is 0 Å². The van der Waals surface area contributed by atoms with Crippen molar-refractivity contribution in [2.45, 2.75) is 12.5 Å². The summed E-state index contributed by atoms with van der Waals surface area (Å²) in [6.45, 7) is 0. The van der Waals surface area contributed by atoms with Gasteiger partial charge in [0.15, 0.2) is 0 Å². The Labute approximate surface area is 117 Å². The molecule has 1 aliphatic rings. The predicted octanol–water partition coefficient (Wildman–Crippen LogP) is 2.35. The van der Waals surface area contributed by atoms with Crippen LogP contribution in [0.25, 0.3) is 0 Å². The van der Waals surface area contributed by atoms with Gasteiger partial charge in [-0.25, -0.2) is 4.39 Å². The maximum atomic E-state index is 13.1. The Morgan fingerprint density at radius 2 is 2.11 bits per heavy atom. The van der Waals surface area contributed by atoms with Crippen LogP contribution in [-0.4, -0.2) is 23.0 Å². The lowest BCUT2D eigenvalue weighted by Crippen LogP contribution is -2.33. The number of halogens is 2. The molecule has 0 aromatic heterocycles. The van der Waals surface area contributed by atoms with E-state index < -0.39 is 17.7 Å². The summed E-state index contributed by atoms with van der Waals surface area (Å²) < 4.78 is 13.3. The Kier molecular flexibility index (Phi) is 3.99. The third-order valence-corrected chi connectivity index (χ3v) is 3.51. The lowest BCUT2D eigenvalue weighted by Gasteiger charge is -2.12. The molecule has 0 spiro atoms. The smallest absolute Gasteiger partial charge is 0.310 e. The van der Waals surface area contributed by atoms with Gasteiger partial charge in [0.05, 0.1) is 10.4 Å². The fourth-order valence-corrected chi connectivity index (χ4v) is 2.26. The molecule has 0 saturated heterocycles. The van der Waals surface area contributed by atoms with E-state index in [0.717, 1.165) is 0 Å². The number of benzene rings is 1. The summed E-state index contributed by atoms with van der Waals surface area (Å²) in [5.41, 5.74) is 0.320. The maximum absolute atomic E-state index is 13.1. The van der Waals surface area contributed by atoms with E-state index in [4.69, 9.17) is 5.11 Å². The van der Waals surface area contributed by atoms with Crippen LogP contribution in [0.15, 0.2) is 34.8 Å². The van der Waals surface area contributed by atoms with E-state index >= 15 is 0 Å². The van der Waals surface area contributed by atoms with E-state index in [2.05, 4.69) is 21.2 Å². The van der Waals surface area contributed by atoms with E-state index in [0.29, 0.717) is 12.0 Å². The molecule has 0 heterocycles. The average Bonchev–Trinajstić information content (AvgIpc) is 2.81. The van der Waals surface area contributed by atoms with Gasteiger partial charge in [-0.15, -0.1) is 0 Å². The molecule has 100 valence electrons. The molecule has 1 aromatic rings. The van der Waals surface area contributed by atoms with Crippen molar-refractivity contribution < 1.29 is 19.1 Å². The molecule has 1 aliphatic carbocycles. The van der Waals surface area contributed by atoms with Crippen molar-refractivity contribution in [1.29, 1.82) is 0 Å². The summed E-state index contributed by atoms with van der Waals surface area (Å²) in [6, 6.07) is 3.65. The predicted molar refractivity (Wildman–Crippen MR) is 70.2 cm³/mol. The Morgan fingerprint density at radius 1 is 1.37 bits per heavy atom. The van der Waals surface area contributed by atoms with Gasteiger partial charge < -0.3 is 10.4 Å². The monoisotopic (exact) mass is 327 g/mol. The fourth-order valence-electron chi connectivity index (χ4n) is 1.88. The van der Waals surface area contributed by atoms with Gasteiger partial charge >= 0.3 is 5.97 Å². The summed E-state index contributed by atoms with van der Waals surface area (Å²) >= 11 is 3.01. The third kappa shape index (κ3) is 3.20. The highest BCUT2D eigenvalue weighted by molar-refractivity contribution is 9.10. The number of carboxylic acids is 1. The first kappa shape index (κ1) is 13.7. The minimum Gasteiger partial charge on any atom is -0.481 e. The summed E-state index contributed by atoms with van der Waals surface area (Å²) in [4.78, 5) is 22.7. The van der Waals surface area contributed by atoms with E-state index in [1.165, 1.54) is 18.2 Å². The molecule has 6 heteroatoms. The van der Waals surface area contributed by atoms with Gasteiger partial charge in [0, 0.05) is 11.6 Å². The molecule has 2 unspecified atom stereocenters. The zero-order valence-corrected chi connectivity index (χ0v) is 11.4. The topological polar surface area (TPSA) is 66.4 Å². The standard InChI is InChI=1S/C13H11BrFNO3/c14-10-6-7(2-4-11(10)15)12(17)16-9-3-1-8(5-9)13(18)19/h1-4,6,8-9H,5H2,(H,16,17)(H,18,19). The minimum absolute atomic E-state index is 0.213. The number of carboxylic acid groups (broad SMARTS) is 1. The molecular weight excluding hydrogens is 317 g/mol. The molecule has 1 amide bonds. The van der Waals surface area contributed by atoms with Crippen molar-refractivity contribution in [1.82, 2.24) is 5.32 Å². The molecule has 0 radical (unpaired) electrons. The van der Waals surface area contributed by atoms with Crippen molar-refractivity contribution in [3.63, 3.8) is 0 Å². The normalized spacial score (nSPS) is 21.4. The number of carbonyl (C=O) groups excluding carboxylic acids is 1. The van der Waals surface area contributed by atoms with Crippen molar-refractivity contribution in [2.75, 3.05) is 0 Å². The van der Waals surface area contributed by atoms with Crippen molar-refractivity contribution in [3.8, 4) is 0 Å². The number of nitrogens with one attached hydrogen (secondary N) is 1. The molecule has 0 fully saturated rings. The number of hydrogen-bond donors (Lipinski definition) is 2. The first-order valence-corrected chi connectivity index (χ1v) is 6.43. The largest absolute Gasteiger partial charge is 0.481 e. The second-order valence-electron chi connectivity index (χ2n) is 4.27. The lowest BCUT2D eigenvalue weighted by molar-refractivity contribution is -0.140. The van der Waals surface area contributed by atoms with Crippen molar-refractivity contribution in [3.05, 3.63) is 46.2 Å². The van der Waals surface area contributed by atoms with Crippen LogP contribution in [0.3, 0.4) is 0 Å². The van der Waals surface area contributed by atoms with Crippen LogP contribution in [0.5, 0.6) is 0 Å². The Hall–Kier alpha value is -1.69. The highest BCUT2D eigenvalue weighted by Crippen LogP contribution is 2.20. The lowest BCUT2D eigenvalue weighted by atomic mass is 10.1. The first-order valence-electron chi connectivity index (χ1n) is 5.64. The highest BCUT2D eigenvalue weighted by Gasteiger charge is 2.25. The minimum atomic E-state index is -0.905. The number of hydrogen-bond acceptors (Lipinski definition) is 2. The summed E-state index contributed by atoms with van der Waals surface area (Å²) in [7, 11) is 0. The van der Waals surface area contributed by atoms with Crippen molar-refractivity contribution >= 4 is 27.8 Å². The number of carbonyl (C=O) groups is 2. The maximum Gasteiger partial charge on any atom is 0.310 e. The Morgan fingerprint density at radius 3 is 2.68 bits per heavy atom. The molecule has 0 bridgehead atoms. The third-order valence-electron chi connectivity index (χ3n) is 2.90. The Bertz CT molecular complexity index is 559. The van der Waals surface area contributed by atoms with E-state index in [9.17, 15) is 14.0 Å². The molecule has 2 N–H and O–H groups in total. The number of aliphatic carboxylic acids is 1. The van der Waals surface area contributed by atoms with Gasteiger partial charge in [-0.3, -0.25) is 9.59 Å². The average molecular weight is 328 g/mol. The van der Waals surface area contributed by atoms with Crippen LogP contribution < -0.4 is 5.32 Å². The zero-order chi connectivity index (χ0) is 14.0. The molecule has 4 nitrogen and oxygen atoms in total. The van der Waals surface area contributed by atoms with Crippen LogP contribution in [0.2, 0.25) is 0 Å². The van der Waals surface area contributed by atoms with E-state index in [1.54, 1.807) is 12.2 Å². The van der Waals surface area contributed by atoms with Crippen LogP contribution in [0.4, 0.5) is 4.39 Å². The summed E-state index contributed by atoms with van der Waals surface area (Å²) in [5, 5.41) is 11.5. The van der Waals surface area contributed by atoms with Gasteiger partial charge in [0.1, 0.15) is 5.82 Å². The summed E-state index contributed by atoms with van der Waals surface area (Å²) in [6.07, 6.45) is 3.56. The van der Waals surface area contributed by atoms with Gasteiger partial charge in [0.25, 0.3) is 5.91 Å². The molecular formula is C13H11BrFNO3. The highest BCUT2D eigenvalue weighted by atomic mass is 79.9. The number of rotatable bonds is 3. The molecule has 1 aromatic carbocycles. The molecule has 2 atom stereocenters. The van der Waals surface area contributed by atoms with Crippen LogP contribution in [-0.2, 0) is 4.79 Å². The van der Waals surface area contributed by atoms with Gasteiger partial charge in [-0.1, -0.05) is 12.2 Å². The number of amides is 1. The van der Waals surface area contributed by atoms with E-state index in [-0.39, 0.29) is 16.4 Å². The summed E-state index contributed by atoms with van der Waals surface area (Å²) in [5.74, 6) is -2.27. The van der Waals surface area contributed by atoms with Gasteiger partial charge in [-0.2, -0.15) is 0 Å². The quantitative estimate of drug-likeness (QED) is 0.837. The fraction of sp³-hybridized carbons (Fsp3) is 0.231. The van der Waals surface area contributed by atoms with Crippen LogP contribution in [0.1, 0.15) is 16.8 Å². The molecule has 0 saturated carbocycles. The molecule has 19 heavy (non-hydrogen) atoms. The SMILES string of the molecule is O=C(NC1C=CC(C(=O)O)C1)c1ccc(F)c(Br)c1. The van der Waals surface area contributed by atoms with Crippen molar-refractivity contribution in [2.24, 2.45) is 5.92 Å². The zero-order valence-electron chi connectivity index (χ0n) is 9.77. The Balaban J connectivity index is 2.00. The first-order chi connectivity index (χ1) is 8.97. The van der Waals surface area contributed by atoms with Gasteiger partial charge in [0.2, 0.25) is 0 Å². The van der Waals surface area contributed by atoms with Crippen LogP contribution in [0, 0.1) is 11.7 Å². The molecule has 2 rings (SSSR count). The second kappa shape index (κ2) is 5.52.